The summed E-state index contributed by atoms with van der Waals surface area (Å²) in [4.78, 5) is 15.9. The van der Waals surface area contributed by atoms with Gasteiger partial charge in [0.2, 0.25) is 0 Å². The molecular weight excluding hydrogens is 266 g/mol. The van der Waals surface area contributed by atoms with Crippen molar-refractivity contribution in [3.05, 3.63) is 12.2 Å². The lowest BCUT2D eigenvalue weighted by Gasteiger charge is -2.35. The molecule has 2 rings (SSSR count). The first-order valence-corrected chi connectivity index (χ1v) is 8.12. The van der Waals surface area contributed by atoms with Gasteiger partial charge < -0.3 is 5.11 Å². The molecule has 5 nitrogen and oxygen atoms in total. The normalized spacial score (nSPS) is 26.2. The molecule has 3 atom stereocenters. The molecule has 0 amide bonds. The maximum Gasteiger partial charge on any atom is 0.306 e. The van der Waals surface area contributed by atoms with Gasteiger partial charge in [-0.3, -0.25) is 9.48 Å². The second-order valence-corrected chi connectivity index (χ2v) is 6.63. The van der Waals surface area contributed by atoms with Crippen LogP contribution in [0.4, 0.5) is 0 Å². The van der Waals surface area contributed by atoms with Crippen LogP contribution in [0.2, 0.25) is 0 Å². The summed E-state index contributed by atoms with van der Waals surface area (Å²) in [5.41, 5.74) is 0. The van der Waals surface area contributed by atoms with Crippen molar-refractivity contribution in [3.8, 4) is 0 Å². The first-order valence-electron chi connectivity index (χ1n) is 8.12. The Balaban J connectivity index is 2.12. The fraction of sp³-hybridized carbons (Fsp3) is 0.812. The van der Waals surface area contributed by atoms with Gasteiger partial charge in [-0.1, -0.05) is 20.8 Å². The number of carboxylic acids is 1. The molecule has 1 aliphatic rings. The lowest BCUT2D eigenvalue weighted by atomic mass is 9.69. The summed E-state index contributed by atoms with van der Waals surface area (Å²) < 4.78 is 1.93. The predicted molar refractivity (Wildman–Crippen MR) is 80.8 cm³/mol. The number of carboxylic acid groups (broad SMARTS) is 1. The number of aryl methyl sites for hydroxylation is 1. The van der Waals surface area contributed by atoms with Crippen LogP contribution in [-0.2, 0) is 17.8 Å². The van der Waals surface area contributed by atoms with Crippen molar-refractivity contribution in [1.29, 1.82) is 0 Å². The molecule has 1 heterocycles. The van der Waals surface area contributed by atoms with Gasteiger partial charge in [0.15, 0.2) is 0 Å². The third kappa shape index (κ3) is 3.83. The summed E-state index contributed by atoms with van der Waals surface area (Å²) >= 11 is 0. The molecule has 0 radical (unpaired) electrons. The summed E-state index contributed by atoms with van der Waals surface area (Å²) in [5.74, 6) is 1.50. The van der Waals surface area contributed by atoms with Crippen LogP contribution >= 0.6 is 0 Å². The average molecular weight is 293 g/mol. The molecule has 118 valence electrons. The smallest absolute Gasteiger partial charge is 0.306 e. The highest BCUT2D eigenvalue weighted by Crippen LogP contribution is 2.39. The zero-order valence-corrected chi connectivity index (χ0v) is 13.3. The van der Waals surface area contributed by atoms with Gasteiger partial charge in [0, 0.05) is 13.0 Å². The third-order valence-electron chi connectivity index (χ3n) is 4.86. The molecule has 0 aliphatic heterocycles. The lowest BCUT2D eigenvalue weighted by Crippen LogP contribution is -2.34. The Kier molecular flexibility index (Phi) is 5.37. The summed E-state index contributed by atoms with van der Waals surface area (Å²) in [6.45, 7) is 7.44. The average Bonchev–Trinajstić information content (AvgIpc) is 2.86. The zero-order chi connectivity index (χ0) is 15.4. The van der Waals surface area contributed by atoms with Crippen LogP contribution in [0.15, 0.2) is 6.33 Å². The summed E-state index contributed by atoms with van der Waals surface area (Å²) in [5, 5.41) is 13.7. The zero-order valence-electron chi connectivity index (χ0n) is 13.3. The van der Waals surface area contributed by atoms with E-state index in [4.69, 9.17) is 0 Å². The van der Waals surface area contributed by atoms with E-state index in [1.54, 1.807) is 6.33 Å². The van der Waals surface area contributed by atoms with E-state index in [2.05, 4.69) is 30.9 Å². The standard InChI is InChI=1S/C16H27N3O2/c1-4-7-19-15(17-10-18-19)9-13-8-12(11(2)3)5-6-14(13)16(20)21/h10-14H,4-9H2,1-3H3,(H,20,21). The number of hydrogen-bond acceptors (Lipinski definition) is 3. The number of hydrogen-bond donors (Lipinski definition) is 1. The van der Waals surface area contributed by atoms with Crippen molar-refractivity contribution >= 4 is 5.97 Å². The lowest BCUT2D eigenvalue weighted by molar-refractivity contribution is -0.145. The van der Waals surface area contributed by atoms with E-state index in [9.17, 15) is 9.90 Å². The van der Waals surface area contributed by atoms with Gasteiger partial charge in [0.25, 0.3) is 0 Å². The highest BCUT2D eigenvalue weighted by molar-refractivity contribution is 5.70. The van der Waals surface area contributed by atoms with E-state index in [-0.39, 0.29) is 11.8 Å². The summed E-state index contributed by atoms with van der Waals surface area (Å²) in [6.07, 6.45) is 6.16. The van der Waals surface area contributed by atoms with E-state index in [1.165, 1.54) is 0 Å². The Morgan fingerprint density at radius 2 is 2.24 bits per heavy atom. The fourth-order valence-corrected chi connectivity index (χ4v) is 3.54. The van der Waals surface area contributed by atoms with Crippen molar-refractivity contribution in [2.75, 3.05) is 0 Å². The van der Waals surface area contributed by atoms with Crippen LogP contribution < -0.4 is 0 Å². The second kappa shape index (κ2) is 7.05. The van der Waals surface area contributed by atoms with Gasteiger partial charge >= 0.3 is 5.97 Å². The summed E-state index contributed by atoms with van der Waals surface area (Å²) in [6, 6.07) is 0. The molecular formula is C16H27N3O2. The van der Waals surface area contributed by atoms with Crippen molar-refractivity contribution in [1.82, 2.24) is 14.8 Å². The Labute approximate surface area is 126 Å². The van der Waals surface area contributed by atoms with Gasteiger partial charge in [-0.05, 0) is 43.4 Å². The van der Waals surface area contributed by atoms with Gasteiger partial charge in [0.05, 0.1) is 5.92 Å². The van der Waals surface area contributed by atoms with E-state index in [0.29, 0.717) is 11.8 Å². The Hall–Kier alpha value is -1.39. The molecule has 5 heteroatoms. The van der Waals surface area contributed by atoms with Crippen molar-refractivity contribution in [2.45, 2.75) is 59.4 Å². The van der Waals surface area contributed by atoms with Crippen molar-refractivity contribution in [2.24, 2.45) is 23.7 Å². The number of rotatable bonds is 6. The van der Waals surface area contributed by atoms with E-state index in [1.807, 2.05) is 4.68 Å². The monoisotopic (exact) mass is 293 g/mol. The topological polar surface area (TPSA) is 68.0 Å². The largest absolute Gasteiger partial charge is 0.481 e. The highest BCUT2D eigenvalue weighted by Gasteiger charge is 2.36. The SMILES string of the molecule is CCCn1ncnc1CC1CC(C(C)C)CCC1C(=O)O. The molecule has 0 spiro atoms. The minimum absolute atomic E-state index is 0.184. The first-order chi connectivity index (χ1) is 10.0. The first kappa shape index (κ1) is 16.0. The molecule has 0 bridgehead atoms. The molecule has 1 aromatic heterocycles. The highest BCUT2D eigenvalue weighted by atomic mass is 16.4. The van der Waals surface area contributed by atoms with E-state index >= 15 is 0 Å². The van der Waals surface area contributed by atoms with Crippen LogP contribution in [0.25, 0.3) is 0 Å². The third-order valence-corrected chi connectivity index (χ3v) is 4.86. The summed E-state index contributed by atoms with van der Waals surface area (Å²) in [7, 11) is 0. The fourth-order valence-electron chi connectivity index (χ4n) is 3.54. The molecule has 1 aliphatic carbocycles. The Bertz CT molecular complexity index is 470. The maximum absolute atomic E-state index is 11.5. The Morgan fingerprint density at radius 3 is 2.86 bits per heavy atom. The molecule has 0 saturated heterocycles. The van der Waals surface area contributed by atoms with Crippen LogP contribution in [0.5, 0.6) is 0 Å². The minimum Gasteiger partial charge on any atom is -0.481 e. The van der Waals surface area contributed by atoms with Gasteiger partial charge in [0.1, 0.15) is 12.2 Å². The number of carbonyl (C=O) groups is 1. The van der Waals surface area contributed by atoms with Gasteiger partial charge in [-0.15, -0.1) is 0 Å². The molecule has 0 aromatic carbocycles. The maximum atomic E-state index is 11.5. The molecule has 21 heavy (non-hydrogen) atoms. The van der Waals surface area contributed by atoms with E-state index < -0.39 is 5.97 Å². The Morgan fingerprint density at radius 1 is 1.48 bits per heavy atom. The quantitative estimate of drug-likeness (QED) is 0.875. The number of nitrogens with zero attached hydrogens (tertiary/aromatic N) is 3. The van der Waals surface area contributed by atoms with Crippen LogP contribution in [-0.4, -0.2) is 25.8 Å². The molecule has 1 saturated carbocycles. The molecule has 1 fully saturated rings. The molecule has 3 unspecified atom stereocenters. The number of aromatic nitrogens is 3. The minimum atomic E-state index is -0.649. The molecule has 1 aromatic rings. The van der Waals surface area contributed by atoms with Crippen LogP contribution in [0.1, 0.15) is 52.3 Å². The van der Waals surface area contributed by atoms with Crippen molar-refractivity contribution in [3.63, 3.8) is 0 Å². The predicted octanol–water partition coefficient (Wildman–Crippen LogP) is 3.00. The molecule has 1 N–H and O–H groups in total. The number of aliphatic carboxylic acids is 1. The second-order valence-electron chi connectivity index (χ2n) is 6.63. The van der Waals surface area contributed by atoms with Gasteiger partial charge in [-0.25, -0.2) is 4.98 Å². The van der Waals surface area contributed by atoms with Crippen molar-refractivity contribution < 1.29 is 9.90 Å². The van der Waals surface area contributed by atoms with Crippen LogP contribution in [0, 0.1) is 23.7 Å². The van der Waals surface area contributed by atoms with Gasteiger partial charge in [-0.2, -0.15) is 5.10 Å². The van der Waals surface area contributed by atoms with Crippen LogP contribution in [0.3, 0.4) is 0 Å². The van der Waals surface area contributed by atoms with E-state index in [0.717, 1.165) is 44.5 Å².